The van der Waals surface area contributed by atoms with Crippen molar-refractivity contribution in [2.24, 2.45) is 0 Å². The molecular weight excluding hydrogens is 200 g/mol. The van der Waals surface area contributed by atoms with Gasteiger partial charge in [-0.3, -0.25) is 0 Å². The van der Waals surface area contributed by atoms with E-state index in [1.807, 2.05) is 25.1 Å². The maximum absolute atomic E-state index is 6.06. The van der Waals surface area contributed by atoms with Gasteiger partial charge in [-0.05, 0) is 38.3 Å². The first-order chi connectivity index (χ1) is 7.61. The minimum atomic E-state index is 0.0141. The molecular formula is C13H20N2O. The van der Waals surface area contributed by atoms with E-state index in [2.05, 4.69) is 12.2 Å². The van der Waals surface area contributed by atoms with Crippen molar-refractivity contribution in [3.63, 3.8) is 0 Å². The summed E-state index contributed by atoms with van der Waals surface area (Å²) >= 11 is 0. The number of nitrogens with one attached hydrogen (secondary N) is 1. The molecule has 3 nitrogen and oxygen atoms in total. The van der Waals surface area contributed by atoms with E-state index in [0.717, 1.165) is 43.0 Å². The van der Waals surface area contributed by atoms with Gasteiger partial charge in [0.15, 0.2) is 0 Å². The van der Waals surface area contributed by atoms with Crippen molar-refractivity contribution in [1.29, 1.82) is 0 Å². The summed E-state index contributed by atoms with van der Waals surface area (Å²) in [5, 5.41) is 3.52. The molecule has 1 aliphatic rings. The number of aryl methyl sites for hydroxylation is 1. The molecule has 3 heteroatoms. The third-order valence-corrected chi connectivity index (χ3v) is 3.20. The molecule has 0 aliphatic carbocycles. The Morgan fingerprint density at radius 1 is 1.44 bits per heavy atom. The maximum Gasteiger partial charge on any atom is 0.0693 e. The Morgan fingerprint density at radius 3 is 2.94 bits per heavy atom. The van der Waals surface area contributed by atoms with E-state index in [9.17, 15) is 0 Å². The summed E-state index contributed by atoms with van der Waals surface area (Å²) in [6.07, 6.45) is 2.23. The Balaban J connectivity index is 2.16. The van der Waals surface area contributed by atoms with E-state index in [1.165, 1.54) is 0 Å². The van der Waals surface area contributed by atoms with Gasteiger partial charge < -0.3 is 15.8 Å². The topological polar surface area (TPSA) is 47.3 Å². The SMILES string of the molecule is Cc1cccc(NC2(C)CCCOC2)c1N. The van der Waals surface area contributed by atoms with E-state index in [4.69, 9.17) is 10.5 Å². The Kier molecular flexibility index (Phi) is 3.06. The number of nitrogen functional groups attached to an aromatic ring is 1. The molecule has 0 saturated carbocycles. The lowest BCUT2D eigenvalue weighted by Crippen LogP contribution is -2.43. The van der Waals surface area contributed by atoms with Crippen LogP contribution >= 0.6 is 0 Å². The van der Waals surface area contributed by atoms with E-state index in [0.29, 0.717) is 0 Å². The second-order valence-electron chi connectivity index (χ2n) is 4.88. The summed E-state index contributed by atoms with van der Waals surface area (Å²) in [6.45, 7) is 5.84. The van der Waals surface area contributed by atoms with Gasteiger partial charge in [0.2, 0.25) is 0 Å². The van der Waals surface area contributed by atoms with Gasteiger partial charge in [0, 0.05) is 6.61 Å². The summed E-state index contributed by atoms with van der Waals surface area (Å²) in [4.78, 5) is 0. The van der Waals surface area contributed by atoms with Crippen molar-refractivity contribution in [1.82, 2.24) is 0 Å². The standard InChI is InChI=1S/C13H20N2O/c1-10-5-3-6-11(12(10)14)15-13(2)7-4-8-16-9-13/h3,5-6,15H,4,7-9,14H2,1-2H3. The molecule has 2 rings (SSSR count). The van der Waals surface area contributed by atoms with E-state index >= 15 is 0 Å². The van der Waals surface area contributed by atoms with Gasteiger partial charge in [-0.15, -0.1) is 0 Å². The van der Waals surface area contributed by atoms with Crippen molar-refractivity contribution < 1.29 is 4.74 Å². The molecule has 1 atom stereocenters. The molecule has 1 unspecified atom stereocenters. The fourth-order valence-electron chi connectivity index (χ4n) is 2.15. The average Bonchev–Trinajstić information content (AvgIpc) is 2.26. The van der Waals surface area contributed by atoms with Crippen LogP contribution in [-0.4, -0.2) is 18.8 Å². The Labute approximate surface area is 97.0 Å². The van der Waals surface area contributed by atoms with E-state index < -0.39 is 0 Å². The number of rotatable bonds is 2. The van der Waals surface area contributed by atoms with Crippen molar-refractivity contribution >= 4 is 11.4 Å². The number of hydrogen-bond acceptors (Lipinski definition) is 3. The summed E-state index contributed by atoms with van der Waals surface area (Å²) in [7, 11) is 0. The van der Waals surface area contributed by atoms with Crippen LogP contribution in [0, 0.1) is 6.92 Å². The molecule has 1 aromatic rings. The number of benzene rings is 1. The third kappa shape index (κ3) is 2.30. The first kappa shape index (κ1) is 11.3. The van der Waals surface area contributed by atoms with Crippen LogP contribution in [0.25, 0.3) is 0 Å². The minimum absolute atomic E-state index is 0.0141. The van der Waals surface area contributed by atoms with Gasteiger partial charge in [-0.2, -0.15) is 0 Å². The van der Waals surface area contributed by atoms with Crippen LogP contribution in [0.15, 0.2) is 18.2 Å². The van der Waals surface area contributed by atoms with Gasteiger partial charge >= 0.3 is 0 Å². The zero-order valence-corrected chi connectivity index (χ0v) is 10.0. The van der Waals surface area contributed by atoms with Crippen molar-refractivity contribution in [3.8, 4) is 0 Å². The van der Waals surface area contributed by atoms with Crippen molar-refractivity contribution in [3.05, 3.63) is 23.8 Å². The number of ether oxygens (including phenoxy) is 1. The van der Waals surface area contributed by atoms with Crippen LogP contribution in [0.1, 0.15) is 25.3 Å². The van der Waals surface area contributed by atoms with Crippen LogP contribution in [0.2, 0.25) is 0 Å². The maximum atomic E-state index is 6.06. The Morgan fingerprint density at radius 2 is 2.25 bits per heavy atom. The minimum Gasteiger partial charge on any atom is -0.397 e. The fraction of sp³-hybridized carbons (Fsp3) is 0.538. The lowest BCUT2D eigenvalue weighted by Gasteiger charge is -2.35. The van der Waals surface area contributed by atoms with Crippen LogP contribution in [0.5, 0.6) is 0 Å². The highest BCUT2D eigenvalue weighted by molar-refractivity contribution is 5.70. The summed E-state index contributed by atoms with van der Waals surface area (Å²) < 4.78 is 5.52. The average molecular weight is 220 g/mol. The zero-order valence-electron chi connectivity index (χ0n) is 10.0. The van der Waals surface area contributed by atoms with Gasteiger partial charge in [0.1, 0.15) is 0 Å². The highest BCUT2D eigenvalue weighted by Crippen LogP contribution is 2.29. The summed E-state index contributed by atoms with van der Waals surface area (Å²) in [6, 6.07) is 6.09. The largest absolute Gasteiger partial charge is 0.397 e. The molecule has 0 aromatic heterocycles. The van der Waals surface area contributed by atoms with Crippen LogP contribution in [0.4, 0.5) is 11.4 Å². The molecule has 1 aromatic carbocycles. The molecule has 16 heavy (non-hydrogen) atoms. The molecule has 0 amide bonds. The monoisotopic (exact) mass is 220 g/mol. The molecule has 1 fully saturated rings. The lowest BCUT2D eigenvalue weighted by atomic mass is 9.94. The highest BCUT2D eigenvalue weighted by Gasteiger charge is 2.27. The van der Waals surface area contributed by atoms with Gasteiger partial charge in [0.25, 0.3) is 0 Å². The molecule has 0 spiro atoms. The second kappa shape index (κ2) is 4.34. The van der Waals surface area contributed by atoms with E-state index in [-0.39, 0.29) is 5.54 Å². The number of para-hydroxylation sites is 1. The molecule has 0 radical (unpaired) electrons. The number of hydrogen-bond donors (Lipinski definition) is 2. The predicted molar refractivity (Wildman–Crippen MR) is 67.7 cm³/mol. The molecule has 1 heterocycles. The van der Waals surface area contributed by atoms with Gasteiger partial charge in [-0.1, -0.05) is 12.1 Å². The first-order valence-corrected chi connectivity index (χ1v) is 5.82. The predicted octanol–water partition coefficient (Wildman–Crippen LogP) is 2.56. The number of anilines is 2. The van der Waals surface area contributed by atoms with Gasteiger partial charge in [0.05, 0.1) is 23.5 Å². The molecule has 1 saturated heterocycles. The lowest BCUT2D eigenvalue weighted by molar-refractivity contribution is 0.0540. The van der Waals surface area contributed by atoms with Crippen molar-refractivity contribution in [2.75, 3.05) is 24.3 Å². The first-order valence-electron chi connectivity index (χ1n) is 5.82. The van der Waals surface area contributed by atoms with Crippen LogP contribution < -0.4 is 11.1 Å². The summed E-state index contributed by atoms with van der Waals surface area (Å²) in [5.74, 6) is 0. The Hall–Kier alpha value is -1.22. The van der Waals surface area contributed by atoms with Gasteiger partial charge in [-0.25, -0.2) is 0 Å². The molecule has 3 N–H and O–H groups in total. The smallest absolute Gasteiger partial charge is 0.0693 e. The zero-order chi connectivity index (χ0) is 11.6. The summed E-state index contributed by atoms with van der Waals surface area (Å²) in [5.41, 5.74) is 9.05. The molecule has 88 valence electrons. The third-order valence-electron chi connectivity index (χ3n) is 3.20. The van der Waals surface area contributed by atoms with Crippen molar-refractivity contribution in [2.45, 2.75) is 32.2 Å². The van der Waals surface area contributed by atoms with Crippen LogP contribution in [-0.2, 0) is 4.74 Å². The van der Waals surface area contributed by atoms with E-state index in [1.54, 1.807) is 0 Å². The number of nitrogens with two attached hydrogens (primary N) is 1. The molecule has 0 bridgehead atoms. The molecule has 1 aliphatic heterocycles. The highest BCUT2D eigenvalue weighted by atomic mass is 16.5. The second-order valence-corrected chi connectivity index (χ2v) is 4.88. The fourth-order valence-corrected chi connectivity index (χ4v) is 2.15. The van der Waals surface area contributed by atoms with Crippen LogP contribution in [0.3, 0.4) is 0 Å². The Bertz CT molecular complexity index is 370. The quantitative estimate of drug-likeness (QED) is 0.753. The normalized spacial score (nSPS) is 25.4.